The van der Waals surface area contributed by atoms with Crippen molar-refractivity contribution in [2.24, 2.45) is 0 Å². The van der Waals surface area contributed by atoms with Gasteiger partial charge in [0.25, 0.3) is 0 Å². The Bertz CT molecular complexity index is 315. The molecular formula is C11H16BrClN2. The second-order valence-corrected chi connectivity index (χ2v) is 5.03. The molecule has 0 fully saturated rings. The Kier molecular flexibility index (Phi) is 5.43. The topological polar surface area (TPSA) is 15.3 Å². The van der Waals surface area contributed by atoms with E-state index in [1.54, 1.807) is 0 Å². The van der Waals surface area contributed by atoms with Gasteiger partial charge in [-0.05, 0) is 45.3 Å². The summed E-state index contributed by atoms with van der Waals surface area (Å²) < 4.78 is 1.01. The molecule has 15 heavy (non-hydrogen) atoms. The number of anilines is 1. The summed E-state index contributed by atoms with van der Waals surface area (Å²) in [5.41, 5.74) is 0.999. The number of benzene rings is 1. The van der Waals surface area contributed by atoms with Gasteiger partial charge < -0.3 is 10.2 Å². The van der Waals surface area contributed by atoms with E-state index in [0.717, 1.165) is 34.7 Å². The standard InChI is InChI=1S/C11H16BrClN2/c1-15(2)7-3-6-14-11-5-4-9(12)8-10(11)13/h4-5,8,14H,3,6-7H2,1-2H3. The average Bonchev–Trinajstić information content (AvgIpc) is 2.14. The zero-order valence-electron chi connectivity index (χ0n) is 9.06. The first-order valence-electron chi connectivity index (χ1n) is 4.93. The van der Waals surface area contributed by atoms with Crippen LogP contribution in [-0.4, -0.2) is 32.1 Å². The molecule has 4 heteroatoms. The van der Waals surface area contributed by atoms with Crippen LogP contribution in [0.2, 0.25) is 5.02 Å². The molecule has 0 aromatic heterocycles. The number of hydrogen-bond acceptors (Lipinski definition) is 2. The average molecular weight is 292 g/mol. The van der Waals surface area contributed by atoms with Gasteiger partial charge in [-0.1, -0.05) is 27.5 Å². The van der Waals surface area contributed by atoms with Crippen LogP contribution in [0, 0.1) is 0 Å². The molecule has 2 nitrogen and oxygen atoms in total. The first kappa shape index (κ1) is 12.8. The number of nitrogens with zero attached hydrogens (tertiary/aromatic N) is 1. The summed E-state index contributed by atoms with van der Waals surface area (Å²) in [5, 5.41) is 4.07. The third-order valence-corrected chi connectivity index (χ3v) is 2.83. The molecule has 0 aliphatic carbocycles. The van der Waals surface area contributed by atoms with Gasteiger partial charge in [0.15, 0.2) is 0 Å². The molecule has 0 radical (unpaired) electrons. The van der Waals surface area contributed by atoms with Crippen molar-refractivity contribution in [1.82, 2.24) is 4.90 Å². The summed E-state index contributed by atoms with van der Waals surface area (Å²) in [4.78, 5) is 2.17. The maximum atomic E-state index is 6.07. The van der Waals surface area contributed by atoms with E-state index in [9.17, 15) is 0 Å². The summed E-state index contributed by atoms with van der Waals surface area (Å²) in [6, 6.07) is 5.87. The maximum absolute atomic E-state index is 6.07. The molecule has 0 aliphatic heterocycles. The van der Waals surface area contributed by atoms with Gasteiger partial charge in [0, 0.05) is 11.0 Å². The smallest absolute Gasteiger partial charge is 0.0648 e. The van der Waals surface area contributed by atoms with Gasteiger partial charge in [-0.25, -0.2) is 0 Å². The van der Waals surface area contributed by atoms with Gasteiger partial charge >= 0.3 is 0 Å². The molecule has 84 valence electrons. The van der Waals surface area contributed by atoms with Crippen molar-refractivity contribution in [1.29, 1.82) is 0 Å². The molecule has 0 saturated carbocycles. The Morgan fingerprint density at radius 3 is 2.73 bits per heavy atom. The van der Waals surface area contributed by atoms with Crippen molar-refractivity contribution < 1.29 is 0 Å². The minimum Gasteiger partial charge on any atom is -0.384 e. The van der Waals surface area contributed by atoms with E-state index in [1.165, 1.54) is 0 Å². The van der Waals surface area contributed by atoms with Crippen LogP contribution < -0.4 is 5.32 Å². The summed E-state index contributed by atoms with van der Waals surface area (Å²) in [6.45, 7) is 2.03. The zero-order chi connectivity index (χ0) is 11.3. The summed E-state index contributed by atoms with van der Waals surface area (Å²) in [7, 11) is 4.15. The minimum atomic E-state index is 0.759. The number of halogens is 2. The first-order chi connectivity index (χ1) is 7.09. The highest BCUT2D eigenvalue weighted by atomic mass is 79.9. The van der Waals surface area contributed by atoms with E-state index in [-0.39, 0.29) is 0 Å². The summed E-state index contributed by atoms with van der Waals surface area (Å²) in [6.07, 6.45) is 1.11. The highest BCUT2D eigenvalue weighted by Crippen LogP contribution is 2.25. The van der Waals surface area contributed by atoms with Gasteiger partial charge in [0.2, 0.25) is 0 Å². The Hall–Kier alpha value is -0.250. The molecule has 1 aromatic carbocycles. The molecule has 1 aromatic rings. The molecule has 0 heterocycles. The lowest BCUT2D eigenvalue weighted by Crippen LogP contribution is -2.16. The Balaban J connectivity index is 2.37. The maximum Gasteiger partial charge on any atom is 0.0648 e. The molecule has 1 rings (SSSR count). The van der Waals surface area contributed by atoms with Crippen molar-refractivity contribution in [3.05, 3.63) is 27.7 Å². The van der Waals surface area contributed by atoms with Crippen molar-refractivity contribution in [2.75, 3.05) is 32.5 Å². The molecule has 0 bridgehead atoms. The van der Waals surface area contributed by atoms with Crippen molar-refractivity contribution in [3.63, 3.8) is 0 Å². The second kappa shape index (κ2) is 6.36. The number of hydrogen-bond donors (Lipinski definition) is 1. The third kappa shape index (κ3) is 4.87. The van der Waals surface area contributed by atoms with Crippen LogP contribution in [0.3, 0.4) is 0 Å². The highest BCUT2D eigenvalue weighted by Gasteiger charge is 1.99. The van der Waals surface area contributed by atoms with Gasteiger partial charge in [-0.2, -0.15) is 0 Å². The molecule has 0 unspecified atom stereocenters. The van der Waals surface area contributed by atoms with Gasteiger partial charge in [-0.15, -0.1) is 0 Å². The summed E-state index contributed by atoms with van der Waals surface area (Å²) >= 11 is 9.45. The van der Waals surface area contributed by atoms with Crippen LogP contribution in [-0.2, 0) is 0 Å². The quantitative estimate of drug-likeness (QED) is 0.836. The van der Waals surface area contributed by atoms with E-state index in [0.29, 0.717) is 0 Å². The van der Waals surface area contributed by atoms with Gasteiger partial charge in [0.1, 0.15) is 0 Å². The minimum absolute atomic E-state index is 0.759. The van der Waals surface area contributed by atoms with E-state index in [4.69, 9.17) is 11.6 Å². The van der Waals surface area contributed by atoms with Crippen molar-refractivity contribution in [2.45, 2.75) is 6.42 Å². The Morgan fingerprint density at radius 1 is 1.40 bits per heavy atom. The fourth-order valence-electron chi connectivity index (χ4n) is 1.25. The monoisotopic (exact) mass is 290 g/mol. The van der Waals surface area contributed by atoms with Crippen LogP contribution in [0.5, 0.6) is 0 Å². The van der Waals surface area contributed by atoms with Crippen LogP contribution >= 0.6 is 27.5 Å². The van der Waals surface area contributed by atoms with E-state index in [2.05, 4.69) is 40.2 Å². The highest BCUT2D eigenvalue weighted by molar-refractivity contribution is 9.10. The van der Waals surface area contributed by atoms with E-state index < -0.39 is 0 Å². The number of rotatable bonds is 5. The molecule has 0 amide bonds. The lowest BCUT2D eigenvalue weighted by Gasteiger charge is -2.11. The molecule has 0 atom stereocenters. The predicted molar refractivity (Wildman–Crippen MR) is 70.8 cm³/mol. The molecule has 0 saturated heterocycles. The summed E-state index contributed by atoms with van der Waals surface area (Å²) in [5.74, 6) is 0. The van der Waals surface area contributed by atoms with Gasteiger partial charge in [0.05, 0.1) is 10.7 Å². The lowest BCUT2D eigenvalue weighted by atomic mass is 10.3. The number of nitrogens with one attached hydrogen (secondary N) is 1. The van der Waals surface area contributed by atoms with Crippen LogP contribution in [0.25, 0.3) is 0 Å². The van der Waals surface area contributed by atoms with E-state index >= 15 is 0 Å². The van der Waals surface area contributed by atoms with Crippen LogP contribution in [0.15, 0.2) is 22.7 Å². The first-order valence-corrected chi connectivity index (χ1v) is 6.10. The third-order valence-electron chi connectivity index (χ3n) is 2.03. The zero-order valence-corrected chi connectivity index (χ0v) is 11.4. The Morgan fingerprint density at radius 2 is 2.13 bits per heavy atom. The van der Waals surface area contributed by atoms with E-state index in [1.807, 2.05) is 18.2 Å². The molecular weight excluding hydrogens is 275 g/mol. The second-order valence-electron chi connectivity index (χ2n) is 3.71. The predicted octanol–water partition coefficient (Wildman–Crippen LogP) is 3.47. The fourth-order valence-corrected chi connectivity index (χ4v) is 1.99. The molecule has 0 spiro atoms. The van der Waals surface area contributed by atoms with Gasteiger partial charge in [-0.3, -0.25) is 0 Å². The van der Waals surface area contributed by atoms with Crippen LogP contribution in [0.4, 0.5) is 5.69 Å². The van der Waals surface area contributed by atoms with Crippen molar-refractivity contribution in [3.8, 4) is 0 Å². The fraction of sp³-hybridized carbons (Fsp3) is 0.455. The van der Waals surface area contributed by atoms with Crippen LogP contribution in [0.1, 0.15) is 6.42 Å². The normalized spacial score (nSPS) is 10.7. The molecule has 0 aliphatic rings. The molecule has 1 N–H and O–H groups in total. The lowest BCUT2D eigenvalue weighted by molar-refractivity contribution is 0.405. The Labute approximate surface area is 105 Å². The largest absolute Gasteiger partial charge is 0.384 e. The van der Waals surface area contributed by atoms with Crippen molar-refractivity contribution >= 4 is 33.2 Å². The SMILES string of the molecule is CN(C)CCCNc1ccc(Br)cc1Cl.